The first-order valence-corrected chi connectivity index (χ1v) is 6.88. The van der Waals surface area contributed by atoms with Crippen molar-refractivity contribution in [3.8, 4) is 0 Å². The van der Waals surface area contributed by atoms with E-state index in [0.717, 1.165) is 5.56 Å². The molecule has 0 radical (unpaired) electrons. The lowest BCUT2D eigenvalue weighted by atomic mass is 9.98. The van der Waals surface area contributed by atoms with Crippen molar-refractivity contribution in [2.75, 3.05) is 13.7 Å². The monoisotopic (exact) mass is 292 g/mol. The summed E-state index contributed by atoms with van der Waals surface area (Å²) < 4.78 is 22.7. The summed E-state index contributed by atoms with van der Waals surface area (Å²) in [5.74, 6) is 0. The van der Waals surface area contributed by atoms with Gasteiger partial charge in [0, 0.05) is 19.1 Å². The average molecular weight is 292 g/mol. The number of methoxy groups -OCH3 is 1. The molecular weight excluding hydrogens is 274 g/mol. The molecule has 2 saturated heterocycles. The van der Waals surface area contributed by atoms with E-state index in [9.17, 15) is 0 Å². The third-order valence-corrected chi connectivity index (χ3v) is 3.74. The summed E-state index contributed by atoms with van der Waals surface area (Å²) in [5.41, 5.74) is 7.92. The number of hydrogen-bond donors (Lipinski definition) is 1. The van der Waals surface area contributed by atoms with Crippen molar-refractivity contribution in [2.45, 2.75) is 37.3 Å². The largest absolute Gasteiger partial charge is 0.356 e. The molecule has 1 N–H and O–H groups in total. The molecule has 5 atom stereocenters. The Labute approximate surface area is 122 Å². The van der Waals surface area contributed by atoms with Gasteiger partial charge in [0.25, 0.3) is 0 Å². The summed E-state index contributed by atoms with van der Waals surface area (Å²) in [6.07, 6.45) is -0.855. The summed E-state index contributed by atoms with van der Waals surface area (Å²) in [5, 5.41) is 3.95. The first kappa shape index (κ1) is 14.3. The van der Waals surface area contributed by atoms with E-state index in [-0.39, 0.29) is 24.5 Å². The second-order valence-corrected chi connectivity index (χ2v) is 5.03. The van der Waals surface area contributed by atoms with E-state index in [1.54, 1.807) is 7.11 Å². The molecule has 2 heterocycles. The molecule has 0 aliphatic carbocycles. The number of ether oxygens (including phenoxy) is 4. The van der Waals surface area contributed by atoms with Crippen LogP contribution in [0.3, 0.4) is 0 Å². The van der Waals surface area contributed by atoms with Crippen LogP contribution in [-0.2, 0) is 18.9 Å². The highest BCUT2D eigenvalue weighted by atomic mass is 16.7. The Morgan fingerprint density at radius 1 is 1.29 bits per heavy atom. The van der Waals surface area contributed by atoms with Crippen LogP contribution in [0, 0.1) is 5.53 Å². The lowest BCUT2D eigenvalue weighted by Crippen LogP contribution is -2.54. The number of fused-ring (bicyclic) bond motifs is 1. The minimum Gasteiger partial charge on any atom is -0.356 e. The van der Waals surface area contributed by atoms with Crippen molar-refractivity contribution in [1.82, 2.24) is 4.91 Å². The van der Waals surface area contributed by atoms with Crippen LogP contribution in [0.1, 0.15) is 18.3 Å². The van der Waals surface area contributed by atoms with Gasteiger partial charge in [-0.25, -0.2) is 0 Å². The van der Waals surface area contributed by atoms with E-state index in [4.69, 9.17) is 24.5 Å². The number of benzene rings is 1. The van der Waals surface area contributed by atoms with Gasteiger partial charge in [-0.1, -0.05) is 30.3 Å². The van der Waals surface area contributed by atoms with E-state index < -0.39 is 6.29 Å². The third kappa shape index (κ3) is 3.02. The molecule has 2 aliphatic rings. The molecule has 1 aromatic rings. The van der Waals surface area contributed by atoms with Crippen LogP contribution >= 0.6 is 0 Å². The Morgan fingerprint density at radius 2 is 2.10 bits per heavy atom. The summed E-state index contributed by atoms with van der Waals surface area (Å²) in [6, 6.07) is 9.46. The van der Waals surface area contributed by atoms with Gasteiger partial charge in [-0.3, -0.25) is 0 Å². The Hall–Kier alpha value is -1.63. The lowest BCUT2D eigenvalue weighted by molar-refractivity contribution is -0.317. The van der Waals surface area contributed by atoms with Crippen molar-refractivity contribution in [3.63, 3.8) is 0 Å². The van der Waals surface area contributed by atoms with Gasteiger partial charge in [0.2, 0.25) is 4.91 Å². The standard InChI is InChI=1S/C14H18N3O4/c1-18-12-7-10(16-17-15)13-11(20-12)8-19-14(21-13)9-5-3-2-4-6-9/h2-6,10-15H,7-8H2,1H3/q+1. The van der Waals surface area contributed by atoms with Crippen LogP contribution in [0.15, 0.2) is 35.4 Å². The van der Waals surface area contributed by atoms with Crippen molar-refractivity contribution >= 4 is 0 Å². The van der Waals surface area contributed by atoms with E-state index in [2.05, 4.69) is 10.0 Å². The minimum absolute atomic E-state index is 0.263. The fourth-order valence-corrected chi connectivity index (χ4v) is 2.71. The fourth-order valence-electron chi connectivity index (χ4n) is 2.71. The molecule has 2 fully saturated rings. The molecule has 0 aromatic heterocycles. The summed E-state index contributed by atoms with van der Waals surface area (Å²) in [4.78, 5) is 3.16. The molecule has 5 unspecified atom stereocenters. The number of nitrogens with zero attached hydrogens (tertiary/aromatic N) is 2. The van der Waals surface area contributed by atoms with Crippen LogP contribution < -0.4 is 4.91 Å². The predicted molar refractivity (Wildman–Crippen MR) is 71.4 cm³/mol. The topological polar surface area (TPSA) is 87.2 Å². The first-order valence-electron chi connectivity index (χ1n) is 6.88. The number of rotatable bonds is 3. The van der Waals surface area contributed by atoms with Crippen LogP contribution in [0.25, 0.3) is 0 Å². The van der Waals surface area contributed by atoms with Crippen LogP contribution in [0.5, 0.6) is 0 Å². The Kier molecular flexibility index (Phi) is 4.38. The number of hydrogen-bond acceptors (Lipinski definition) is 6. The van der Waals surface area contributed by atoms with Gasteiger partial charge in [0.1, 0.15) is 22.9 Å². The van der Waals surface area contributed by atoms with Gasteiger partial charge in [-0.2, -0.15) is 0 Å². The predicted octanol–water partition coefficient (Wildman–Crippen LogP) is 1.78. The van der Waals surface area contributed by atoms with Crippen molar-refractivity contribution in [3.05, 3.63) is 35.9 Å². The Bertz CT molecular complexity index is 520. The van der Waals surface area contributed by atoms with Crippen molar-refractivity contribution < 1.29 is 18.9 Å². The lowest BCUT2D eigenvalue weighted by Gasteiger charge is -2.42. The molecule has 112 valence electrons. The first-order chi connectivity index (χ1) is 10.3. The molecule has 7 nitrogen and oxygen atoms in total. The van der Waals surface area contributed by atoms with E-state index in [1.165, 1.54) is 0 Å². The van der Waals surface area contributed by atoms with Crippen molar-refractivity contribution in [2.24, 2.45) is 5.11 Å². The smallest absolute Gasteiger partial charge is 0.214 e. The number of nitrogens with one attached hydrogen (secondary N) is 1. The van der Waals surface area contributed by atoms with E-state index in [1.807, 2.05) is 30.3 Å². The van der Waals surface area contributed by atoms with Gasteiger partial charge >= 0.3 is 0 Å². The highest BCUT2D eigenvalue weighted by Crippen LogP contribution is 2.34. The maximum absolute atomic E-state index is 6.97. The van der Waals surface area contributed by atoms with E-state index in [0.29, 0.717) is 13.0 Å². The normalized spacial score (nSPS) is 35.6. The van der Waals surface area contributed by atoms with Crippen LogP contribution in [0.4, 0.5) is 0 Å². The zero-order valence-electron chi connectivity index (χ0n) is 11.7. The zero-order chi connectivity index (χ0) is 14.7. The maximum atomic E-state index is 6.97. The van der Waals surface area contributed by atoms with Gasteiger partial charge in [-0.15, -0.1) is 0 Å². The molecule has 0 bridgehead atoms. The van der Waals surface area contributed by atoms with Crippen molar-refractivity contribution in [1.29, 1.82) is 5.53 Å². The molecule has 0 amide bonds. The molecule has 2 aliphatic heterocycles. The summed E-state index contributed by atoms with van der Waals surface area (Å²) in [6.45, 7) is 0.397. The second kappa shape index (κ2) is 6.43. The molecule has 21 heavy (non-hydrogen) atoms. The average Bonchev–Trinajstić information content (AvgIpc) is 2.55. The molecular formula is C14H18N3O4+. The zero-order valence-corrected chi connectivity index (χ0v) is 11.7. The summed E-state index contributed by atoms with van der Waals surface area (Å²) >= 11 is 0. The minimum atomic E-state index is -0.446. The molecule has 0 spiro atoms. The van der Waals surface area contributed by atoms with Gasteiger partial charge < -0.3 is 18.9 Å². The van der Waals surface area contributed by atoms with Gasteiger partial charge in [0.05, 0.1) is 6.61 Å². The van der Waals surface area contributed by atoms with Gasteiger partial charge in [-0.05, 0) is 0 Å². The van der Waals surface area contributed by atoms with Crippen LogP contribution in [0.2, 0.25) is 0 Å². The highest BCUT2D eigenvalue weighted by molar-refractivity contribution is 5.16. The molecule has 3 rings (SSSR count). The van der Waals surface area contributed by atoms with Crippen LogP contribution in [-0.4, -0.2) is 38.3 Å². The second-order valence-electron chi connectivity index (χ2n) is 5.03. The maximum Gasteiger partial charge on any atom is 0.214 e. The van der Waals surface area contributed by atoms with E-state index >= 15 is 0 Å². The third-order valence-electron chi connectivity index (χ3n) is 3.74. The Morgan fingerprint density at radius 3 is 2.81 bits per heavy atom. The molecule has 7 heteroatoms. The van der Waals surface area contributed by atoms with Gasteiger partial charge in [0.15, 0.2) is 18.6 Å². The molecule has 1 aromatic carbocycles. The Balaban J connectivity index is 1.77. The summed E-state index contributed by atoms with van der Waals surface area (Å²) in [7, 11) is 1.58. The molecule has 0 saturated carbocycles. The quantitative estimate of drug-likeness (QED) is 0.679. The fraction of sp³-hybridized carbons (Fsp3) is 0.571. The highest BCUT2D eigenvalue weighted by Gasteiger charge is 2.46. The SMILES string of the molecule is COC1CC(N=[N+]=N)C2OC(c3ccccc3)OCC2O1.